The maximum Gasteiger partial charge on any atom is 0.227 e. The van der Waals surface area contributed by atoms with Gasteiger partial charge in [0.2, 0.25) is 5.91 Å². The van der Waals surface area contributed by atoms with Crippen molar-refractivity contribution in [1.29, 1.82) is 0 Å². The normalized spacial score (nSPS) is 14.8. The van der Waals surface area contributed by atoms with Crippen LogP contribution in [0.5, 0.6) is 0 Å². The second-order valence-electron chi connectivity index (χ2n) is 6.80. The molecular weight excluding hydrogens is 296 g/mol. The number of nitrogens with zero attached hydrogens (tertiary/aromatic N) is 2. The molecule has 3 nitrogen and oxygen atoms in total. The number of benzene rings is 2. The second-order valence-corrected chi connectivity index (χ2v) is 6.80. The van der Waals surface area contributed by atoms with E-state index in [1.54, 1.807) is 0 Å². The fourth-order valence-electron chi connectivity index (χ4n) is 3.24. The van der Waals surface area contributed by atoms with Gasteiger partial charge >= 0.3 is 0 Å². The van der Waals surface area contributed by atoms with E-state index >= 15 is 0 Å². The zero-order chi connectivity index (χ0) is 17.1. The fraction of sp³-hybridized carbons (Fsp3) is 0.381. The van der Waals surface area contributed by atoms with Crippen molar-refractivity contribution in [1.82, 2.24) is 4.90 Å². The summed E-state index contributed by atoms with van der Waals surface area (Å²) in [5.74, 6) is 0.236. The largest absolute Gasteiger partial charge is 0.368 e. The summed E-state index contributed by atoms with van der Waals surface area (Å²) in [6.07, 6.45) is 0.505. The van der Waals surface area contributed by atoms with E-state index in [2.05, 4.69) is 56.0 Å². The van der Waals surface area contributed by atoms with Crippen molar-refractivity contribution in [2.75, 3.05) is 31.1 Å². The molecule has 0 saturated carbocycles. The highest BCUT2D eigenvalue weighted by Crippen LogP contribution is 2.20. The van der Waals surface area contributed by atoms with Gasteiger partial charge in [0.1, 0.15) is 0 Å². The average molecular weight is 322 g/mol. The summed E-state index contributed by atoms with van der Waals surface area (Å²) in [5.41, 5.74) is 6.23. The number of piperazine rings is 1. The van der Waals surface area contributed by atoms with Crippen molar-refractivity contribution < 1.29 is 4.79 Å². The van der Waals surface area contributed by atoms with Crippen molar-refractivity contribution in [3.05, 3.63) is 64.7 Å². The highest BCUT2D eigenvalue weighted by Gasteiger charge is 2.21. The van der Waals surface area contributed by atoms with Crippen LogP contribution in [0.4, 0.5) is 5.69 Å². The molecule has 1 saturated heterocycles. The van der Waals surface area contributed by atoms with E-state index in [1.165, 1.54) is 22.4 Å². The smallest absolute Gasteiger partial charge is 0.227 e. The van der Waals surface area contributed by atoms with Crippen LogP contribution in [0, 0.1) is 20.8 Å². The second kappa shape index (κ2) is 7.08. The van der Waals surface area contributed by atoms with E-state index in [0.29, 0.717) is 6.42 Å². The first-order valence-electron chi connectivity index (χ1n) is 8.68. The molecule has 0 spiro atoms. The maximum atomic E-state index is 12.5. The lowest BCUT2D eigenvalue weighted by Gasteiger charge is -2.36. The highest BCUT2D eigenvalue weighted by molar-refractivity contribution is 5.79. The average Bonchev–Trinajstić information content (AvgIpc) is 2.57. The Kier molecular flexibility index (Phi) is 4.89. The zero-order valence-corrected chi connectivity index (χ0v) is 14.9. The lowest BCUT2D eigenvalue weighted by molar-refractivity contribution is -0.130. The lowest BCUT2D eigenvalue weighted by Crippen LogP contribution is -2.49. The number of carbonyl (C=O) groups excluding carboxylic acids is 1. The van der Waals surface area contributed by atoms with Gasteiger partial charge in [-0.2, -0.15) is 0 Å². The molecule has 0 radical (unpaired) electrons. The van der Waals surface area contributed by atoms with Crippen molar-refractivity contribution >= 4 is 11.6 Å². The third-order valence-corrected chi connectivity index (χ3v) is 4.93. The predicted octanol–water partition coefficient (Wildman–Crippen LogP) is 3.50. The molecule has 1 heterocycles. The van der Waals surface area contributed by atoms with Crippen molar-refractivity contribution in [2.45, 2.75) is 27.2 Å². The van der Waals surface area contributed by atoms with Crippen LogP contribution in [0.2, 0.25) is 0 Å². The van der Waals surface area contributed by atoms with Gasteiger partial charge in [-0.15, -0.1) is 0 Å². The molecule has 1 aliphatic rings. The van der Waals surface area contributed by atoms with E-state index in [-0.39, 0.29) is 5.91 Å². The Bertz CT molecular complexity index is 730. The quantitative estimate of drug-likeness (QED) is 0.863. The van der Waals surface area contributed by atoms with Gasteiger partial charge < -0.3 is 9.80 Å². The summed E-state index contributed by atoms with van der Waals surface area (Å²) in [7, 11) is 0. The number of hydrogen-bond donors (Lipinski definition) is 0. The molecule has 1 aliphatic heterocycles. The SMILES string of the molecule is Cc1cccc(CC(=O)N2CCN(c3ccc(C)c(C)c3)CC2)c1. The van der Waals surface area contributed by atoms with E-state index in [9.17, 15) is 4.79 Å². The van der Waals surface area contributed by atoms with Crippen LogP contribution < -0.4 is 4.90 Å². The van der Waals surface area contributed by atoms with Gasteiger partial charge in [0.25, 0.3) is 0 Å². The predicted molar refractivity (Wildman–Crippen MR) is 99.6 cm³/mol. The number of anilines is 1. The van der Waals surface area contributed by atoms with Crippen molar-refractivity contribution in [3.63, 3.8) is 0 Å². The molecular formula is C21H26N2O. The number of aryl methyl sites for hydroxylation is 3. The molecule has 1 amide bonds. The van der Waals surface area contributed by atoms with Gasteiger partial charge in [-0.1, -0.05) is 35.9 Å². The van der Waals surface area contributed by atoms with Crippen molar-refractivity contribution in [2.24, 2.45) is 0 Å². The molecule has 0 aromatic heterocycles. The first kappa shape index (κ1) is 16.6. The summed E-state index contributed by atoms with van der Waals surface area (Å²) in [6, 6.07) is 14.8. The first-order valence-corrected chi connectivity index (χ1v) is 8.68. The van der Waals surface area contributed by atoms with E-state index < -0.39 is 0 Å². The van der Waals surface area contributed by atoms with Gasteiger partial charge in [0.15, 0.2) is 0 Å². The van der Waals surface area contributed by atoms with Gasteiger partial charge in [0.05, 0.1) is 6.42 Å². The van der Waals surface area contributed by atoms with Gasteiger partial charge in [-0.05, 0) is 49.6 Å². The molecule has 0 bridgehead atoms. The summed E-state index contributed by atoms with van der Waals surface area (Å²) >= 11 is 0. The molecule has 0 atom stereocenters. The van der Waals surface area contributed by atoms with Crippen LogP contribution in [0.3, 0.4) is 0 Å². The minimum atomic E-state index is 0.236. The molecule has 2 aromatic rings. The Balaban J connectivity index is 1.58. The van der Waals surface area contributed by atoms with Crippen LogP contribution in [0.25, 0.3) is 0 Å². The molecule has 3 heteroatoms. The Morgan fingerprint density at radius 3 is 2.33 bits per heavy atom. The molecule has 0 aliphatic carbocycles. The number of amides is 1. The Hall–Kier alpha value is -2.29. The van der Waals surface area contributed by atoms with E-state index in [0.717, 1.165) is 31.7 Å². The van der Waals surface area contributed by atoms with Gasteiger partial charge in [-0.3, -0.25) is 4.79 Å². The highest BCUT2D eigenvalue weighted by atomic mass is 16.2. The molecule has 126 valence electrons. The van der Waals surface area contributed by atoms with E-state index in [1.807, 2.05) is 17.0 Å². The van der Waals surface area contributed by atoms with Crippen LogP contribution in [-0.2, 0) is 11.2 Å². The van der Waals surface area contributed by atoms with Crippen LogP contribution >= 0.6 is 0 Å². The third-order valence-electron chi connectivity index (χ3n) is 4.93. The minimum Gasteiger partial charge on any atom is -0.368 e. The summed E-state index contributed by atoms with van der Waals surface area (Å²) < 4.78 is 0. The van der Waals surface area contributed by atoms with Gasteiger partial charge in [0, 0.05) is 31.9 Å². The molecule has 2 aromatic carbocycles. The summed E-state index contributed by atoms with van der Waals surface area (Å²) in [4.78, 5) is 16.9. The monoisotopic (exact) mass is 322 g/mol. The van der Waals surface area contributed by atoms with Crippen LogP contribution in [0.15, 0.2) is 42.5 Å². The zero-order valence-electron chi connectivity index (χ0n) is 14.9. The number of rotatable bonds is 3. The molecule has 3 rings (SSSR count). The van der Waals surface area contributed by atoms with Crippen LogP contribution in [-0.4, -0.2) is 37.0 Å². The molecule has 1 fully saturated rings. The summed E-state index contributed by atoms with van der Waals surface area (Å²) in [6.45, 7) is 9.77. The lowest BCUT2D eigenvalue weighted by atomic mass is 10.1. The van der Waals surface area contributed by atoms with Gasteiger partial charge in [-0.25, -0.2) is 0 Å². The third kappa shape index (κ3) is 3.78. The fourth-order valence-corrected chi connectivity index (χ4v) is 3.24. The minimum absolute atomic E-state index is 0.236. The molecule has 0 unspecified atom stereocenters. The first-order chi connectivity index (χ1) is 11.5. The number of hydrogen-bond acceptors (Lipinski definition) is 2. The van der Waals surface area contributed by atoms with E-state index in [4.69, 9.17) is 0 Å². The Morgan fingerprint density at radius 2 is 1.67 bits per heavy atom. The van der Waals surface area contributed by atoms with Crippen LogP contribution in [0.1, 0.15) is 22.3 Å². The number of carbonyl (C=O) groups is 1. The summed E-state index contributed by atoms with van der Waals surface area (Å²) in [5, 5.41) is 0. The maximum absolute atomic E-state index is 12.5. The molecule has 24 heavy (non-hydrogen) atoms. The standard InChI is InChI=1S/C21H26N2O/c1-16-5-4-6-19(13-16)15-21(24)23-11-9-22(10-12-23)20-8-7-17(2)18(3)14-20/h4-8,13-14H,9-12,15H2,1-3H3. The Labute approximate surface area is 144 Å². The Morgan fingerprint density at radius 1 is 0.917 bits per heavy atom. The molecule has 0 N–H and O–H groups in total. The topological polar surface area (TPSA) is 23.6 Å². The van der Waals surface area contributed by atoms with Crippen molar-refractivity contribution in [3.8, 4) is 0 Å².